The van der Waals surface area contributed by atoms with Gasteiger partial charge in [0.05, 0.1) is 0 Å². The van der Waals surface area contributed by atoms with Gasteiger partial charge in [0.2, 0.25) is 0 Å². The molecule has 0 fully saturated rings. The number of rotatable bonds is 1. The molecule has 102 valence electrons. The number of Topliss-reactive ketones (excluding diaryl/α,β-unsaturated/α-hetero) is 1. The van der Waals surface area contributed by atoms with Gasteiger partial charge in [-0.1, -0.05) is 40.2 Å². The van der Waals surface area contributed by atoms with E-state index in [0.29, 0.717) is 0 Å². The van der Waals surface area contributed by atoms with Crippen molar-refractivity contribution in [2.24, 2.45) is 0 Å². The van der Waals surface area contributed by atoms with Gasteiger partial charge in [0.1, 0.15) is 0 Å². The average Bonchev–Trinajstić information content (AvgIpc) is 2.42. The Morgan fingerprint density at radius 1 is 0.900 bits per heavy atom. The fraction of sp³-hybridized carbons (Fsp3) is 0.278. The maximum Gasteiger partial charge on any atom is 0.160 e. The number of carbonyl (C=O) groups excluding carboxylic acids is 1. The first-order valence-electron chi connectivity index (χ1n) is 7.03. The first-order chi connectivity index (χ1) is 9.63. The summed E-state index contributed by atoms with van der Waals surface area (Å²) in [6.45, 7) is 1.67. The summed E-state index contributed by atoms with van der Waals surface area (Å²) in [6, 6.07) is 13.0. The van der Waals surface area contributed by atoms with Crippen molar-refractivity contribution >= 4 is 21.7 Å². The van der Waals surface area contributed by atoms with Crippen molar-refractivity contribution in [3.63, 3.8) is 0 Å². The third-order valence-electron chi connectivity index (χ3n) is 4.04. The minimum Gasteiger partial charge on any atom is -0.295 e. The Hall–Kier alpha value is -1.41. The molecule has 0 spiro atoms. The zero-order chi connectivity index (χ0) is 14.1. The molecule has 0 aliphatic heterocycles. The minimum atomic E-state index is 0.175. The molecule has 2 aromatic carbocycles. The van der Waals surface area contributed by atoms with Crippen LogP contribution in [-0.2, 0) is 25.7 Å². The fourth-order valence-electron chi connectivity index (χ4n) is 2.83. The molecule has 2 heteroatoms. The first-order valence-corrected chi connectivity index (χ1v) is 7.83. The van der Waals surface area contributed by atoms with Crippen LogP contribution in [0.5, 0.6) is 0 Å². The fourth-order valence-corrected chi connectivity index (χ4v) is 3.46. The quantitative estimate of drug-likeness (QED) is 0.702. The van der Waals surface area contributed by atoms with Crippen LogP contribution in [0.4, 0.5) is 0 Å². The van der Waals surface area contributed by atoms with E-state index in [2.05, 4.69) is 52.3 Å². The highest BCUT2D eigenvalue weighted by Gasteiger charge is 2.11. The van der Waals surface area contributed by atoms with Gasteiger partial charge in [0, 0.05) is 10.0 Å². The second kappa shape index (κ2) is 5.53. The number of ketones is 1. The average molecular weight is 329 g/mol. The standard InChI is InChI=1S/C18H17BrO/c1-12(20)17-10-13-2-6-15(17)7-3-14-5-9-16(8-4-13)18(19)11-14/h2,5-6,9-11H,3-4,7-8H2,1H3. The Morgan fingerprint density at radius 2 is 1.50 bits per heavy atom. The minimum absolute atomic E-state index is 0.175. The molecule has 4 aliphatic rings. The number of benzene rings is 2. The molecule has 6 rings (SSSR count). The highest BCUT2D eigenvalue weighted by molar-refractivity contribution is 9.10. The Bertz CT molecular complexity index is 673. The molecule has 0 atom stereocenters. The maximum absolute atomic E-state index is 11.8. The molecular weight excluding hydrogens is 312 g/mol. The summed E-state index contributed by atoms with van der Waals surface area (Å²) in [7, 11) is 0. The Kier molecular flexibility index (Phi) is 3.75. The molecule has 0 saturated heterocycles. The van der Waals surface area contributed by atoms with Crippen LogP contribution in [0.1, 0.15) is 39.5 Å². The lowest BCUT2D eigenvalue weighted by Crippen LogP contribution is -2.05. The second-order valence-corrected chi connectivity index (χ2v) is 6.33. The highest BCUT2D eigenvalue weighted by atomic mass is 79.9. The van der Waals surface area contributed by atoms with Gasteiger partial charge in [-0.3, -0.25) is 4.79 Å². The summed E-state index contributed by atoms with van der Waals surface area (Å²) >= 11 is 3.67. The molecular formula is C18H17BrO. The van der Waals surface area contributed by atoms with Gasteiger partial charge >= 0.3 is 0 Å². The third-order valence-corrected chi connectivity index (χ3v) is 4.78. The van der Waals surface area contributed by atoms with E-state index in [1.54, 1.807) is 6.92 Å². The van der Waals surface area contributed by atoms with Crippen molar-refractivity contribution in [1.82, 2.24) is 0 Å². The summed E-state index contributed by atoms with van der Waals surface area (Å²) in [5, 5.41) is 0. The van der Waals surface area contributed by atoms with Gasteiger partial charge in [-0.2, -0.15) is 0 Å². The lowest BCUT2D eigenvalue weighted by atomic mass is 9.92. The summed E-state index contributed by atoms with van der Waals surface area (Å²) in [4.78, 5) is 11.8. The van der Waals surface area contributed by atoms with E-state index in [1.165, 1.54) is 26.7 Å². The van der Waals surface area contributed by atoms with E-state index in [9.17, 15) is 4.79 Å². The largest absolute Gasteiger partial charge is 0.295 e. The predicted octanol–water partition coefficient (Wildman–Crippen LogP) is 4.54. The van der Waals surface area contributed by atoms with Crippen molar-refractivity contribution in [2.45, 2.75) is 32.6 Å². The molecule has 2 aromatic rings. The first kappa shape index (κ1) is 13.6. The van der Waals surface area contributed by atoms with E-state index in [4.69, 9.17) is 0 Å². The number of halogens is 1. The van der Waals surface area contributed by atoms with Gasteiger partial charge in [0.25, 0.3) is 0 Å². The van der Waals surface area contributed by atoms with Gasteiger partial charge < -0.3 is 0 Å². The lowest BCUT2D eigenvalue weighted by Gasteiger charge is -2.14. The van der Waals surface area contributed by atoms with Crippen molar-refractivity contribution in [3.05, 3.63) is 68.7 Å². The van der Waals surface area contributed by atoms with Crippen molar-refractivity contribution in [1.29, 1.82) is 0 Å². The molecule has 0 saturated carbocycles. The van der Waals surface area contributed by atoms with Crippen LogP contribution in [0.15, 0.2) is 40.9 Å². The molecule has 4 bridgehead atoms. The second-order valence-electron chi connectivity index (χ2n) is 5.47. The number of hydrogen-bond donors (Lipinski definition) is 0. The summed E-state index contributed by atoms with van der Waals surface area (Å²) in [5.74, 6) is 0.175. The van der Waals surface area contributed by atoms with Gasteiger partial charge in [0.15, 0.2) is 5.78 Å². The van der Waals surface area contributed by atoms with Crippen LogP contribution >= 0.6 is 15.9 Å². The number of carbonyl (C=O) groups is 1. The monoisotopic (exact) mass is 328 g/mol. The maximum atomic E-state index is 11.8. The Morgan fingerprint density at radius 3 is 2.15 bits per heavy atom. The van der Waals surface area contributed by atoms with Gasteiger partial charge in [-0.05, 0) is 67.0 Å². The summed E-state index contributed by atoms with van der Waals surface area (Å²) in [5.41, 5.74) is 5.97. The van der Waals surface area contributed by atoms with E-state index in [1.807, 2.05) is 0 Å². The van der Waals surface area contributed by atoms with Crippen LogP contribution in [0.3, 0.4) is 0 Å². The molecule has 0 unspecified atom stereocenters. The molecule has 1 nitrogen and oxygen atoms in total. The zero-order valence-corrected chi connectivity index (χ0v) is 13.2. The van der Waals surface area contributed by atoms with E-state index in [0.717, 1.165) is 31.2 Å². The molecule has 4 aliphatic carbocycles. The summed E-state index contributed by atoms with van der Waals surface area (Å²) < 4.78 is 1.21. The Balaban J connectivity index is 2.05. The van der Waals surface area contributed by atoms with Gasteiger partial charge in [-0.25, -0.2) is 0 Å². The number of aryl methyl sites for hydroxylation is 4. The molecule has 0 aromatic heterocycles. The Labute approximate surface area is 128 Å². The topological polar surface area (TPSA) is 17.1 Å². The highest BCUT2D eigenvalue weighted by Crippen LogP contribution is 2.24. The van der Waals surface area contributed by atoms with E-state index in [-0.39, 0.29) is 5.78 Å². The molecule has 0 heterocycles. The molecule has 20 heavy (non-hydrogen) atoms. The van der Waals surface area contributed by atoms with Crippen LogP contribution < -0.4 is 0 Å². The van der Waals surface area contributed by atoms with Crippen molar-refractivity contribution in [3.8, 4) is 0 Å². The normalized spacial score (nSPS) is 13.9. The van der Waals surface area contributed by atoms with Crippen LogP contribution in [0, 0.1) is 0 Å². The van der Waals surface area contributed by atoms with Gasteiger partial charge in [-0.15, -0.1) is 0 Å². The van der Waals surface area contributed by atoms with Crippen molar-refractivity contribution < 1.29 is 4.79 Å². The lowest BCUT2D eigenvalue weighted by molar-refractivity contribution is 0.101. The van der Waals surface area contributed by atoms with E-state index >= 15 is 0 Å². The molecule has 0 N–H and O–H groups in total. The third kappa shape index (κ3) is 2.71. The molecule has 0 radical (unpaired) electrons. The predicted molar refractivity (Wildman–Crippen MR) is 85.4 cm³/mol. The van der Waals surface area contributed by atoms with E-state index < -0.39 is 0 Å². The van der Waals surface area contributed by atoms with Crippen molar-refractivity contribution in [2.75, 3.05) is 0 Å². The van der Waals surface area contributed by atoms with Crippen LogP contribution in [-0.4, -0.2) is 5.78 Å². The van der Waals surface area contributed by atoms with Crippen LogP contribution in [0.2, 0.25) is 0 Å². The van der Waals surface area contributed by atoms with Crippen LogP contribution in [0.25, 0.3) is 0 Å². The SMILES string of the molecule is CC(=O)c1cc2ccc1CCc1ccc(c(Br)c1)CC2. The smallest absolute Gasteiger partial charge is 0.160 e. The summed E-state index contributed by atoms with van der Waals surface area (Å²) in [6.07, 6.45) is 3.86. The number of hydrogen-bond acceptors (Lipinski definition) is 1. The molecule has 0 amide bonds. The zero-order valence-electron chi connectivity index (χ0n) is 11.6.